The summed E-state index contributed by atoms with van der Waals surface area (Å²) < 4.78 is 0. The molecule has 0 aromatic heterocycles. The Morgan fingerprint density at radius 2 is 2.36 bits per heavy atom. The highest BCUT2D eigenvalue weighted by Crippen LogP contribution is 2.34. The van der Waals surface area contributed by atoms with Crippen molar-refractivity contribution >= 4 is 6.21 Å². The number of hydrogen-bond donors (Lipinski definition) is 2. The molecule has 0 bridgehead atoms. The summed E-state index contributed by atoms with van der Waals surface area (Å²) in [4.78, 5) is 4.41. The first-order valence-electron chi connectivity index (χ1n) is 5.46. The van der Waals surface area contributed by atoms with E-state index in [0.29, 0.717) is 5.92 Å². The van der Waals surface area contributed by atoms with Crippen molar-refractivity contribution in [3.8, 4) is 0 Å². The molecule has 1 aliphatic rings. The van der Waals surface area contributed by atoms with Crippen molar-refractivity contribution < 1.29 is 0 Å². The summed E-state index contributed by atoms with van der Waals surface area (Å²) >= 11 is 0. The predicted molar refractivity (Wildman–Crippen MR) is 61.2 cm³/mol. The van der Waals surface area contributed by atoms with E-state index >= 15 is 0 Å². The van der Waals surface area contributed by atoms with Crippen LogP contribution in [0.2, 0.25) is 0 Å². The summed E-state index contributed by atoms with van der Waals surface area (Å²) in [6.45, 7) is 5.23. The van der Waals surface area contributed by atoms with Crippen LogP contribution in [-0.4, -0.2) is 18.9 Å². The standard InChI is InChI=1S/C11H21N3/c1-3-6-13-9(2)14-8-11(7-12)10-4-5-10/h7-10,13H,3-6,12H2,1-2H3. The minimum absolute atomic E-state index is 0.198. The van der Waals surface area contributed by atoms with Crippen LogP contribution in [0.4, 0.5) is 0 Å². The third kappa shape index (κ3) is 3.92. The van der Waals surface area contributed by atoms with Crippen molar-refractivity contribution in [1.82, 2.24) is 5.32 Å². The molecule has 1 unspecified atom stereocenters. The number of nitrogens with two attached hydrogens (primary N) is 1. The van der Waals surface area contributed by atoms with E-state index in [1.807, 2.05) is 6.21 Å². The van der Waals surface area contributed by atoms with E-state index in [9.17, 15) is 0 Å². The summed E-state index contributed by atoms with van der Waals surface area (Å²) in [5.74, 6) is 0.683. The van der Waals surface area contributed by atoms with E-state index in [-0.39, 0.29) is 6.17 Å². The van der Waals surface area contributed by atoms with Gasteiger partial charge in [-0.05, 0) is 50.4 Å². The summed E-state index contributed by atoms with van der Waals surface area (Å²) in [5, 5.41) is 3.31. The van der Waals surface area contributed by atoms with Gasteiger partial charge in [-0.3, -0.25) is 10.3 Å². The van der Waals surface area contributed by atoms with E-state index in [4.69, 9.17) is 5.73 Å². The molecule has 0 aromatic rings. The van der Waals surface area contributed by atoms with Gasteiger partial charge in [0.1, 0.15) is 0 Å². The van der Waals surface area contributed by atoms with Crippen molar-refractivity contribution in [2.75, 3.05) is 6.54 Å². The highest BCUT2D eigenvalue weighted by Gasteiger charge is 2.24. The highest BCUT2D eigenvalue weighted by molar-refractivity contribution is 5.79. The monoisotopic (exact) mass is 195 g/mol. The maximum absolute atomic E-state index is 5.53. The Labute approximate surface area is 86.5 Å². The lowest BCUT2D eigenvalue weighted by molar-refractivity contribution is 0.567. The maximum atomic E-state index is 5.53. The van der Waals surface area contributed by atoms with Gasteiger partial charge in [-0.15, -0.1) is 0 Å². The van der Waals surface area contributed by atoms with Gasteiger partial charge in [-0.2, -0.15) is 0 Å². The first-order valence-corrected chi connectivity index (χ1v) is 5.46. The number of allylic oxidation sites excluding steroid dienone is 1. The molecule has 3 heteroatoms. The van der Waals surface area contributed by atoms with Crippen LogP contribution in [0.15, 0.2) is 16.8 Å². The van der Waals surface area contributed by atoms with Gasteiger partial charge in [0.05, 0.1) is 6.17 Å². The normalized spacial score (nSPS) is 20.3. The average Bonchev–Trinajstić information content (AvgIpc) is 2.99. The molecule has 3 nitrogen and oxygen atoms in total. The fourth-order valence-electron chi connectivity index (χ4n) is 1.30. The Hall–Kier alpha value is -0.830. The van der Waals surface area contributed by atoms with Gasteiger partial charge in [0.25, 0.3) is 0 Å². The van der Waals surface area contributed by atoms with Crippen LogP contribution in [0.3, 0.4) is 0 Å². The Kier molecular flexibility index (Phi) is 4.66. The first-order chi connectivity index (χ1) is 6.77. The zero-order valence-electron chi connectivity index (χ0n) is 9.16. The summed E-state index contributed by atoms with van der Waals surface area (Å²) in [7, 11) is 0. The fraction of sp³-hybridized carbons (Fsp3) is 0.727. The van der Waals surface area contributed by atoms with Crippen molar-refractivity contribution in [1.29, 1.82) is 0 Å². The van der Waals surface area contributed by atoms with E-state index in [2.05, 4.69) is 24.2 Å². The molecule has 1 atom stereocenters. The predicted octanol–water partition coefficient (Wildman–Crippen LogP) is 1.66. The van der Waals surface area contributed by atoms with Crippen LogP contribution in [-0.2, 0) is 0 Å². The smallest absolute Gasteiger partial charge is 0.0965 e. The summed E-state index contributed by atoms with van der Waals surface area (Å²) in [6.07, 6.45) is 7.49. The minimum Gasteiger partial charge on any atom is -0.404 e. The number of aliphatic imine (C=N–C) groups is 1. The average molecular weight is 195 g/mol. The third-order valence-electron chi connectivity index (χ3n) is 2.38. The lowest BCUT2D eigenvalue weighted by atomic mass is 10.2. The molecule has 14 heavy (non-hydrogen) atoms. The maximum Gasteiger partial charge on any atom is 0.0965 e. The van der Waals surface area contributed by atoms with Gasteiger partial charge in [-0.1, -0.05) is 6.92 Å². The molecule has 0 radical (unpaired) electrons. The first kappa shape index (κ1) is 11.2. The van der Waals surface area contributed by atoms with Crippen LogP contribution in [0, 0.1) is 5.92 Å². The molecule has 0 saturated heterocycles. The van der Waals surface area contributed by atoms with Crippen molar-refractivity contribution in [3.05, 3.63) is 11.8 Å². The van der Waals surface area contributed by atoms with Crippen LogP contribution < -0.4 is 11.1 Å². The Balaban J connectivity index is 2.29. The molecule has 1 saturated carbocycles. The molecule has 0 spiro atoms. The quantitative estimate of drug-likeness (QED) is 0.633. The zero-order valence-corrected chi connectivity index (χ0v) is 9.16. The van der Waals surface area contributed by atoms with E-state index in [1.165, 1.54) is 18.4 Å². The van der Waals surface area contributed by atoms with Gasteiger partial charge in [-0.25, -0.2) is 0 Å². The molecule has 0 heterocycles. The van der Waals surface area contributed by atoms with E-state index in [0.717, 1.165) is 13.0 Å². The topological polar surface area (TPSA) is 50.4 Å². The van der Waals surface area contributed by atoms with E-state index < -0.39 is 0 Å². The molecule has 0 aromatic carbocycles. The Morgan fingerprint density at radius 1 is 1.64 bits per heavy atom. The second-order valence-corrected chi connectivity index (χ2v) is 3.85. The molecule has 1 rings (SSSR count). The van der Waals surface area contributed by atoms with Gasteiger partial charge in [0, 0.05) is 6.21 Å². The van der Waals surface area contributed by atoms with Gasteiger partial charge in [0.2, 0.25) is 0 Å². The SMILES string of the molecule is CCCNC(C)N=CC(=CN)C1CC1. The molecule has 1 aliphatic carbocycles. The van der Waals surface area contributed by atoms with Gasteiger partial charge >= 0.3 is 0 Å². The Bertz CT molecular complexity index is 217. The summed E-state index contributed by atoms with van der Waals surface area (Å²) in [5.41, 5.74) is 6.72. The van der Waals surface area contributed by atoms with Gasteiger partial charge < -0.3 is 5.73 Å². The largest absolute Gasteiger partial charge is 0.404 e. The van der Waals surface area contributed by atoms with E-state index in [1.54, 1.807) is 6.20 Å². The number of rotatable bonds is 6. The molecule has 80 valence electrons. The molecule has 0 amide bonds. The van der Waals surface area contributed by atoms with Crippen molar-refractivity contribution in [2.24, 2.45) is 16.6 Å². The minimum atomic E-state index is 0.198. The second kappa shape index (κ2) is 5.81. The fourth-order valence-corrected chi connectivity index (χ4v) is 1.30. The highest BCUT2D eigenvalue weighted by atomic mass is 15.0. The number of nitrogens with one attached hydrogen (secondary N) is 1. The Morgan fingerprint density at radius 3 is 2.86 bits per heavy atom. The summed E-state index contributed by atoms with van der Waals surface area (Å²) in [6, 6.07) is 0. The molecular weight excluding hydrogens is 174 g/mol. The number of nitrogens with zero attached hydrogens (tertiary/aromatic N) is 1. The van der Waals surface area contributed by atoms with Gasteiger partial charge in [0.15, 0.2) is 0 Å². The second-order valence-electron chi connectivity index (χ2n) is 3.85. The zero-order chi connectivity index (χ0) is 10.4. The lowest BCUT2D eigenvalue weighted by Gasteiger charge is -2.07. The molecule has 1 fully saturated rings. The van der Waals surface area contributed by atoms with Crippen molar-refractivity contribution in [2.45, 2.75) is 39.3 Å². The molecular formula is C11H21N3. The van der Waals surface area contributed by atoms with Crippen LogP contribution in [0.5, 0.6) is 0 Å². The van der Waals surface area contributed by atoms with Crippen LogP contribution in [0.1, 0.15) is 33.1 Å². The molecule has 3 N–H and O–H groups in total. The van der Waals surface area contributed by atoms with Crippen LogP contribution in [0.25, 0.3) is 0 Å². The number of hydrogen-bond acceptors (Lipinski definition) is 3. The van der Waals surface area contributed by atoms with Crippen LogP contribution >= 0.6 is 0 Å². The molecule has 0 aliphatic heterocycles. The van der Waals surface area contributed by atoms with Crippen molar-refractivity contribution in [3.63, 3.8) is 0 Å². The third-order valence-corrected chi connectivity index (χ3v) is 2.38. The lowest BCUT2D eigenvalue weighted by Crippen LogP contribution is -2.24.